The molecular formula is C13H13ClO2S. The van der Waals surface area contributed by atoms with Crippen LogP contribution in [0.2, 0.25) is 5.02 Å². The van der Waals surface area contributed by atoms with E-state index in [1.165, 1.54) is 6.42 Å². The zero-order valence-corrected chi connectivity index (χ0v) is 10.8. The summed E-state index contributed by atoms with van der Waals surface area (Å²) < 4.78 is 5.68. The van der Waals surface area contributed by atoms with Crippen molar-refractivity contribution in [3.63, 3.8) is 0 Å². The van der Waals surface area contributed by atoms with Gasteiger partial charge in [0.1, 0.15) is 17.4 Å². The van der Waals surface area contributed by atoms with Crippen LogP contribution in [0.1, 0.15) is 24.7 Å². The maximum atomic E-state index is 10.2. The number of aliphatic hydroxyl groups excluding tert-OH is 1. The first-order valence-electron chi connectivity index (χ1n) is 5.73. The lowest BCUT2D eigenvalue weighted by atomic mass is 10.1. The molecule has 0 spiro atoms. The molecule has 2 nitrogen and oxygen atoms in total. The fourth-order valence-electron chi connectivity index (χ4n) is 2.22. The normalized spacial score (nSPS) is 22.1. The summed E-state index contributed by atoms with van der Waals surface area (Å²) in [5.74, 6) is 1.79. The van der Waals surface area contributed by atoms with E-state index in [-0.39, 0.29) is 5.25 Å². The molecule has 1 N–H and O–H groups in total. The van der Waals surface area contributed by atoms with Crippen LogP contribution < -0.4 is 0 Å². The molecule has 0 bridgehead atoms. The van der Waals surface area contributed by atoms with Gasteiger partial charge in [-0.25, -0.2) is 0 Å². The highest BCUT2D eigenvalue weighted by molar-refractivity contribution is 8.00. The number of fused-ring (bicyclic) bond motifs is 1. The molecular weight excluding hydrogens is 256 g/mol. The molecule has 1 aliphatic rings. The Kier molecular flexibility index (Phi) is 3.07. The Morgan fingerprint density at radius 1 is 1.41 bits per heavy atom. The molecule has 17 heavy (non-hydrogen) atoms. The maximum Gasteiger partial charge on any atom is 0.134 e. The second-order valence-corrected chi connectivity index (χ2v) is 6.11. The van der Waals surface area contributed by atoms with E-state index in [1.54, 1.807) is 6.07 Å². The predicted molar refractivity (Wildman–Crippen MR) is 71.7 cm³/mol. The number of furan rings is 1. The highest BCUT2D eigenvalue weighted by Gasteiger charge is 2.27. The van der Waals surface area contributed by atoms with E-state index < -0.39 is 6.10 Å². The second-order valence-electron chi connectivity index (χ2n) is 4.33. The van der Waals surface area contributed by atoms with Crippen molar-refractivity contribution >= 4 is 34.3 Å². The van der Waals surface area contributed by atoms with Gasteiger partial charge in [0.2, 0.25) is 0 Å². The van der Waals surface area contributed by atoms with Gasteiger partial charge >= 0.3 is 0 Å². The van der Waals surface area contributed by atoms with Crippen LogP contribution in [-0.4, -0.2) is 16.1 Å². The average Bonchev–Trinajstić information content (AvgIpc) is 2.96. The molecule has 0 amide bonds. The zero-order chi connectivity index (χ0) is 11.8. The molecule has 1 fully saturated rings. The summed E-state index contributed by atoms with van der Waals surface area (Å²) in [5.41, 5.74) is 0.784. The molecule has 0 radical (unpaired) electrons. The maximum absolute atomic E-state index is 10.2. The average molecular weight is 269 g/mol. The Hall–Kier alpha value is -0.640. The van der Waals surface area contributed by atoms with Gasteiger partial charge < -0.3 is 9.52 Å². The highest BCUT2D eigenvalue weighted by atomic mass is 35.5. The lowest BCUT2D eigenvalue weighted by Gasteiger charge is -2.13. The van der Waals surface area contributed by atoms with Crippen LogP contribution in [0.4, 0.5) is 0 Å². The number of benzene rings is 1. The first-order chi connectivity index (χ1) is 8.24. The summed E-state index contributed by atoms with van der Waals surface area (Å²) in [5, 5.41) is 12.2. The van der Waals surface area contributed by atoms with Gasteiger partial charge in [-0.15, -0.1) is 0 Å². The van der Waals surface area contributed by atoms with Gasteiger partial charge in [0.25, 0.3) is 0 Å². The Morgan fingerprint density at radius 2 is 2.29 bits per heavy atom. The standard InChI is InChI=1S/C13H13ClO2S/c14-9-3-4-10-8(6-9)7-11(16-10)13(15)12-2-1-5-17-12/h3-4,6-7,12-13,15H,1-2,5H2. The molecule has 1 aliphatic heterocycles. The molecule has 2 heterocycles. The number of hydrogen-bond acceptors (Lipinski definition) is 3. The molecule has 1 saturated heterocycles. The van der Waals surface area contributed by atoms with Crippen LogP contribution >= 0.6 is 23.4 Å². The van der Waals surface area contributed by atoms with Crippen LogP contribution in [0.15, 0.2) is 28.7 Å². The second kappa shape index (κ2) is 4.56. The van der Waals surface area contributed by atoms with E-state index in [4.69, 9.17) is 16.0 Å². The number of aliphatic hydroxyl groups is 1. The number of rotatable bonds is 2. The summed E-state index contributed by atoms with van der Waals surface area (Å²) in [6, 6.07) is 7.40. The van der Waals surface area contributed by atoms with Gasteiger partial charge in [0.15, 0.2) is 0 Å². The SMILES string of the molecule is OC(c1cc2cc(Cl)ccc2o1)C1CCCS1. The van der Waals surface area contributed by atoms with Crippen molar-refractivity contribution in [3.05, 3.63) is 35.0 Å². The minimum Gasteiger partial charge on any atom is -0.458 e. The third-order valence-corrected chi connectivity index (χ3v) is 4.79. The van der Waals surface area contributed by atoms with Crippen LogP contribution in [0.5, 0.6) is 0 Å². The highest BCUT2D eigenvalue weighted by Crippen LogP contribution is 2.37. The van der Waals surface area contributed by atoms with Crippen molar-refractivity contribution in [1.29, 1.82) is 0 Å². The first kappa shape index (κ1) is 11.5. The molecule has 2 atom stereocenters. The van der Waals surface area contributed by atoms with Crippen LogP contribution in [0.3, 0.4) is 0 Å². The van der Waals surface area contributed by atoms with E-state index in [0.717, 1.165) is 23.1 Å². The minimum atomic E-state index is -0.506. The van der Waals surface area contributed by atoms with Crippen molar-refractivity contribution in [3.8, 4) is 0 Å². The largest absolute Gasteiger partial charge is 0.458 e. The third kappa shape index (κ3) is 2.19. The van der Waals surface area contributed by atoms with Crippen molar-refractivity contribution in [2.24, 2.45) is 0 Å². The summed E-state index contributed by atoms with van der Waals surface area (Å²) in [6.45, 7) is 0. The van der Waals surface area contributed by atoms with Crippen LogP contribution in [0.25, 0.3) is 11.0 Å². The summed E-state index contributed by atoms with van der Waals surface area (Å²) in [7, 11) is 0. The Labute approximate surface area is 109 Å². The molecule has 1 aromatic heterocycles. The van der Waals surface area contributed by atoms with Gasteiger partial charge in [0, 0.05) is 15.7 Å². The zero-order valence-electron chi connectivity index (χ0n) is 9.23. The number of thioether (sulfide) groups is 1. The van der Waals surface area contributed by atoms with E-state index in [0.29, 0.717) is 10.8 Å². The van der Waals surface area contributed by atoms with E-state index >= 15 is 0 Å². The monoisotopic (exact) mass is 268 g/mol. The van der Waals surface area contributed by atoms with Gasteiger partial charge in [-0.05, 0) is 42.9 Å². The van der Waals surface area contributed by atoms with Crippen molar-refractivity contribution in [2.45, 2.75) is 24.2 Å². The number of halogens is 1. The molecule has 2 aromatic rings. The van der Waals surface area contributed by atoms with Crippen molar-refractivity contribution < 1.29 is 9.52 Å². The topological polar surface area (TPSA) is 33.4 Å². The Balaban J connectivity index is 1.94. The van der Waals surface area contributed by atoms with Gasteiger partial charge in [0.05, 0.1) is 0 Å². The van der Waals surface area contributed by atoms with Gasteiger partial charge in [-0.1, -0.05) is 11.6 Å². The van der Waals surface area contributed by atoms with Crippen molar-refractivity contribution in [1.82, 2.24) is 0 Å². The predicted octanol–water partition coefficient (Wildman–Crippen LogP) is 4.02. The Bertz CT molecular complexity index is 531. The van der Waals surface area contributed by atoms with Crippen LogP contribution in [-0.2, 0) is 0 Å². The quantitative estimate of drug-likeness (QED) is 0.893. The summed E-state index contributed by atoms with van der Waals surface area (Å²) >= 11 is 7.75. The molecule has 90 valence electrons. The van der Waals surface area contributed by atoms with Crippen LogP contribution in [0, 0.1) is 0 Å². The lowest BCUT2D eigenvalue weighted by molar-refractivity contribution is 0.148. The fourth-order valence-corrected chi connectivity index (χ4v) is 3.68. The third-order valence-electron chi connectivity index (χ3n) is 3.11. The van der Waals surface area contributed by atoms with Crippen molar-refractivity contribution in [2.75, 3.05) is 5.75 Å². The fraction of sp³-hybridized carbons (Fsp3) is 0.385. The number of hydrogen-bond donors (Lipinski definition) is 1. The molecule has 0 saturated carbocycles. The van der Waals surface area contributed by atoms with E-state index in [2.05, 4.69) is 0 Å². The molecule has 3 rings (SSSR count). The van der Waals surface area contributed by atoms with Gasteiger partial charge in [-0.2, -0.15) is 11.8 Å². The van der Waals surface area contributed by atoms with E-state index in [9.17, 15) is 5.11 Å². The molecule has 4 heteroatoms. The molecule has 2 unspecified atom stereocenters. The smallest absolute Gasteiger partial charge is 0.134 e. The molecule has 0 aliphatic carbocycles. The summed E-state index contributed by atoms with van der Waals surface area (Å²) in [4.78, 5) is 0. The van der Waals surface area contributed by atoms with Gasteiger partial charge in [-0.3, -0.25) is 0 Å². The lowest BCUT2D eigenvalue weighted by Crippen LogP contribution is -2.10. The first-order valence-corrected chi connectivity index (χ1v) is 7.15. The minimum absolute atomic E-state index is 0.269. The van der Waals surface area contributed by atoms with E-state index in [1.807, 2.05) is 30.0 Å². The summed E-state index contributed by atoms with van der Waals surface area (Å²) in [6.07, 6.45) is 1.73. The Morgan fingerprint density at radius 3 is 3.06 bits per heavy atom. The molecule has 1 aromatic carbocycles.